The van der Waals surface area contributed by atoms with Gasteiger partial charge in [0.2, 0.25) is 0 Å². The molecule has 0 bridgehead atoms. The predicted molar refractivity (Wildman–Crippen MR) is 122 cm³/mol. The summed E-state index contributed by atoms with van der Waals surface area (Å²) in [6, 6.07) is 13.9. The van der Waals surface area contributed by atoms with Gasteiger partial charge in [-0.3, -0.25) is 0 Å². The molecule has 2 aromatic rings. The van der Waals surface area contributed by atoms with E-state index in [9.17, 15) is 4.79 Å². The third kappa shape index (κ3) is 6.70. The average Bonchev–Trinajstić information content (AvgIpc) is 2.77. The van der Waals surface area contributed by atoms with Crippen molar-refractivity contribution in [1.29, 1.82) is 0 Å². The molecule has 3 heteroatoms. The van der Waals surface area contributed by atoms with Crippen LogP contribution in [-0.2, 0) is 24.0 Å². The van der Waals surface area contributed by atoms with Gasteiger partial charge < -0.3 is 9.47 Å². The molecule has 0 aliphatic heterocycles. The zero-order valence-electron chi connectivity index (χ0n) is 18.6. The normalized spacial score (nSPS) is 15.6. The lowest BCUT2D eigenvalue weighted by Gasteiger charge is -2.25. The number of fused-ring (bicyclic) bond motifs is 1. The number of rotatable bonds is 11. The topological polar surface area (TPSA) is 35.5 Å². The number of esters is 1. The SMILES string of the molecule is CCCCCOC1CCc2cc(C(=O)Oc3ccc(CCCCC)cc3)ccc2C1. The molecule has 3 rings (SSSR count). The Morgan fingerprint density at radius 1 is 0.933 bits per heavy atom. The second kappa shape index (κ2) is 11.9. The molecule has 162 valence electrons. The van der Waals surface area contributed by atoms with E-state index in [2.05, 4.69) is 32.0 Å². The minimum absolute atomic E-state index is 0.283. The summed E-state index contributed by atoms with van der Waals surface area (Å²) in [5.41, 5.74) is 4.48. The maximum atomic E-state index is 12.6. The van der Waals surface area contributed by atoms with E-state index in [1.165, 1.54) is 48.8 Å². The van der Waals surface area contributed by atoms with E-state index in [0.29, 0.717) is 17.4 Å². The Labute approximate surface area is 181 Å². The van der Waals surface area contributed by atoms with Crippen molar-refractivity contribution in [3.8, 4) is 5.75 Å². The van der Waals surface area contributed by atoms with Crippen LogP contribution in [0.25, 0.3) is 0 Å². The monoisotopic (exact) mass is 408 g/mol. The van der Waals surface area contributed by atoms with E-state index >= 15 is 0 Å². The van der Waals surface area contributed by atoms with Gasteiger partial charge in [0.15, 0.2) is 0 Å². The summed E-state index contributed by atoms with van der Waals surface area (Å²) >= 11 is 0. The molecular formula is C27H36O3. The molecule has 0 N–H and O–H groups in total. The van der Waals surface area contributed by atoms with E-state index in [-0.39, 0.29) is 5.97 Å². The first-order valence-corrected chi connectivity index (χ1v) is 11.7. The second-order valence-electron chi connectivity index (χ2n) is 8.42. The first-order valence-electron chi connectivity index (χ1n) is 11.7. The summed E-state index contributed by atoms with van der Waals surface area (Å²) in [6.07, 6.45) is 11.6. The molecule has 0 saturated carbocycles. The van der Waals surface area contributed by atoms with Crippen LogP contribution in [0.2, 0.25) is 0 Å². The Kier molecular flexibility index (Phi) is 8.95. The number of benzene rings is 2. The Balaban J connectivity index is 1.53. The minimum Gasteiger partial charge on any atom is -0.423 e. The Bertz CT molecular complexity index is 794. The number of ether oxygens (including phenoxy) is 2. The van der Waals surface area contributed by atoms with Gasteiger partial charge in [0, 0.05) is 6.61 Å². The fourth-order valence-electron chi connectivity index (χ4n) is 4.06. The molecule has 1 aliphatic carbocycles. The molecule has 0 heterocycles. The van der Waals surface area contributed by atoms with Gasteiger partial charge in [-0.2, -0.15) is 0 Å². The lowest BCUT2D eigenvalue weighted by atomic mass is 9.88. The fourth-order valence-corrected chi connectivity index (χ4v) is 4.06. The smallest absolute Gasteiger partial charge is 0.343 e. The molecular weight excluding hydrogens is 372 g/mol. The van der Waals surface area contributed by atoms with Crippen LogP contribution in [-0.4, -0.2) is 18.7 Å². The van der Waals surface area contributed by atoms with Gasteiger partial charge >= 0.3 is 5.97 Å². The van der Waals surface area contributed by atoms with Crippen molar-refractivity contribution in [3.05, 3.63) is 64.7 Å². The summed E-state index contributed by atoms with van der Waals surface area (Å²) in [5.74, 6) is 0.326. The van der Waals surface area contributed by atoms with Crippen LogP contribution in [0.1, 0.15) is 85.8 Å². The number of carbonyl (C=O) groups excluding carboxylic acids is 1. The van der Waals surface area contributed by atoms with Gasteiger partial charge in [-0.15, -0.1) is 0 Å². The van der Waals surface area contributed by atoms with Crippen molar-refractivity contribution in [1.82, 2.24) is 0 Å². The Hall–Kier alpha value is -2.13. The minimum atomic E-state index is -0.283. The zero-order valence-corrected chi connectivity index (χ0v) is 18.6. The molecule has 3 nitrogen and oxygen atoms in total. The fraction of sp³-hybridized carbons (Fsp3) is 0.519. The average molecular weight is 409 g/mol. The Morgan fingerprint density at radius 2 is 1.70 bits per heavy atom. The van der Waals surface area contributed by atoms with Gasteiger partial charge in [0.25, 0.3) is 0 Å². The van der Waals surface area contributed by atoms with Gasteiger partial charge in [-0.05, 0) is 79.5 Å². The van der Waals surface area contributed by atoms with Crippen molar-refractivity contribution in [2.24, 2.45) is 0 Å². The molecule has 0 fully saturated rings. The molecule has 0 saturated heterocycles. The standard InChI is InChI=1S/C27H36O3/c1-3-5-7-9-21-10-15-25(16-11-21)30-27(28)24-13-12-23-20-26(17-14-22(23)19-24)29-18-8-6-4-2/h10-13,15-16,19,26H,3-9,14,17-18,20H2,1-2H3. The summed E-state index contributed by atoms with van der Waals surface area (Å²) in [6.45, 7) is 5.28. The van der Waals surface area contributed by atoms with Crippen LogP contribution in [0.4, 0.5) is 0 Å². The molecule has 30 heavy (non-hydrogen) atoms. The zero-order chi connectivity index (χ0) is 21.2. The van der Waals surface area contributed by atoms with Crippen molar-refractivity contribution in [3.63, 3.8) is 0 Å². The first kappa shape index (κ1) is 22.6. The molecule has 1 aliphatic rings. The third-order valence-electron chi connectivity index (χ3n) is 5.93. The molecule has 2 aromatic carbocycles. The first-order chi connectivity index (χ1) is 14.7. The lowest BCUT2D eigenvalue weighted by molar-refractivity contribution is 0.0419. The number of hydrogen-bond donors (Lipinski definition) is 0. The molecule has 1 atom stereocenters. The van der Waals surface area contributed by atoms with Crippen molar-refractivity contribution >= 4 is 5.97 Å². The van der Waals surface area contributed by atoms with Gasteiger partial charge in [-0.1, -0.05) is 57.7 Å². The highest BCUT2D eigenvalue weighted by Gasteiger charge is 2.21. The van der Waals surface area contributed by atoms with Crippen LogP contribution < -0.4 is 4.74 Å². The van der Waals surface area contributed by atoms with Gasteiger partial charge in [0.1, 0.15) is 5.75 Å². The van der Waals surface area contributed by atoms with E-state index in [1.807, 2.05) is 24.3 Å². The maximum Gasteiger partial charge on any atom is 0.343 e. The predicted octanol–water partition coefficient (Wildman–Crippen LogP) is 6.70. The van der Waals surface area contributed by atoms with E-state index < -0.39 is 0 Å². The molecule has 0 aromatic heterocycles. The maximum absolute atomic E-state index is 12.6. The van der Waals surface area contributed by atoms with Crippen LogP contribution >= 0.6 is 0 Å². The van der Waals surface area contributed by atoms with Gasteiger partial charge in [-0.25, -0.2) is 4.79 Å². The Morgan fingerprint density at radius 3 is 2.47 bits per heavy atom. The van der Waals surface area contributed by atoms with E-state index in [4.69, 9.17) is 9.47 Å². The summed E-state index contributed by atoms with van der Waals surface area (Å²) in [4.78, 5) is 12.6. The van der Waals surface area contributed by atoms with Crippen LogP contribution in [0.5, 0.6) is 5.75 Å². The highest BCUT2D eigenvalue weighted by atomic mass is 16.5. The molecule has 0 spiro atoms. The summed E-state index contributed by atoms with van der Waals surface area (Å²) in [5, 5.41) is 0. The van der Waals surface area contributed by atoms with Crippen molar-refractivity contribution < 1.29 is 14.3 Å². The van der Waals surface area contributed by atoms with Crippen molar-refractivity contribution in [2.45, 2.75) is 84.2 Å². The van der Waals surface area contributed by atoms with Crippen LogP contribution in [0, 0.1) is 0 Å². The third-order valence-corrected chi connectivity index (χ3v) is 5.93. The van der Waals surface area contributed by atoms with Crippen molar-refractivity contribution in [2.75, 3.05) is 6.61 Å². The number of aryl methyl sites for hydroxylation is 2. The second-order valence-corrected chi connectivity index (χ2v) is 8.42. The molecule has 0 radical (unpaired) electrons. The van der Waals surface area contributed by atoms with Crippen LogP contribution in [0.15, 0.2) is 42.5 Å². The number of unbranched alkanes of at least 4 members (excludes halogenated alkanes) is 4. The molecule has 1 unspecified atom stereocenters. The number of hydrogen-bond acceptors (Lipinski definition) is 3. The van der Waals surface area contributed by atoms with Gasteiger partial charge in [0.05, 0.1) is 11.7 Å². The largest absolute Gasteiger partial charge is 0.423 e. The lowest BCUT2D eigenvalue weighted by Crippen LogP contribution is -2.23. The van der Waals surface area contributed by atoms with E-state index in [1.54, 1.807) is 0 Å². The summed E-state index contributed by atoms with van der Waals surface area (Å²) < 4.78 is 11.7. The van der Waals surface area contributed by atoms with Crippen LogP contribution in [0.3, 0.4) is 0 Å². The highest BCUT2D eigenvalue weighted by Crippen LogP contribution is 2.25. The highest BCUT2D eigenvalue weighted by molar-refractivity contribution is 5.91. The number of carbonyl (C=O) groups is 1. The van der Waals surface area contributed by atoms with E-state index in [0.717, 1.165) is 38.7 Å². The summed E-state index contributed by atoms with van der Waals surface area (Å²) in [7, 11) is 0. The molecule has 0 amide bonds. The quantitative estimate of drug-likeness (QED) is 0.236.